The lowest BCUT2D eigenvalue weighted by molar-refractivity contribution is -0.119. The molecule has 2 aromatic heterocycles. The van der Waals surface area contributed by atoms with Crippen molar-refractivity contribution in [3.63, 3.8) is 0 Å². The molecule has 2 aliphatic rings. The summed E-state index contributed by atoms with van der Waals surface area (Å²) in [5.41, 5.74) is 0.540. The van der Waals surface area contributed by atoms with Crippen molar-refractivity contribution in [3.8, 4) is 11.5 Å². The number of amides is 1. The molecule has 0 unspecified atom stereocenters. The number of esters is 1. The van der Waals surface area contributed by atoms with Crippen LogP contribution in [0.3, 0.4) is 0 Å². The number of carbonyl (C=O) groups is 2. The van der Waals surface area contributed by atoms with Crippen molar-refractivity contribution in [2.75, 3.05) is 11.9 Å². The molecular weight excluding hydrogens is 402 g/mol. The van der Waals surface area contributed by atoms with Crippen LogP contribution >= 0.6 is 0 Å². The van der Waals surface area contributed by atoms with Gasteiger partial charge >= 0.3 is 5.97 Å². The highest BCUT2D eigenvalue weighted by atomic mass is 16.7. The van der Waals surface area contributed by atoms with E-state index in [1.165, 1.54) is 6.07 Å². The molecule has 1 spiro atoms. The lowest BCUT2D eigenvalue weighted by Crippen LogP contribution is -2.34. The van der Waals surface area contributed by atoms with Crippen LogP contribution in [-0.2, 0) is 16.1 Å². The highest BCUT2D eigenvalue weighted by Gasteiger charge is 2.44. The maximum absolute atomic E-state index is 12.2. The zero-order valence-corrected chi connectivity index (χ0v) is 16.7. The van der Waals surface area contributed by atoms with E-state index >= 15 is 0 Å². The fourth-order valence-electron chi connectivity index (χ4n) is 3.81. The molecule has 1 N–H and O–H groups in total. The molecule has 0 radical (unpaired) electrons. The molecule has 1 fully saturated rings. The summed E-state index contributed by atoms with van der Waals surface area (Å²) >= 11 is 0. The number of nitrogens with one attached hydrogen (secondary N) is 1. The standard InChI is InChI=1S/C22H21N3O6/c26-20(14-28-21(27)18-7-5-16(29-18)13-25-11-3-10-23-25)24-15-4-6-17-19(12-15)31-22(30-17)8-1-2-9-22/h3-7,10-12H,1-2,8-9,13-14H2,(H,24,26). The monoisotopic (exact) mass is 423 g/mol. The van der Waals surface area contributed by atoms with Crippen LogP contribution in [0.5, 0.6) is 11.5 Å². The summed E-state index contributed by atoms with van der Waals surface area (Å²) in [5.74, 6) is 0.133. The summed E-state index contributed by atoms with van der Waals surface area (Å²) in [4.78, 5) is 24.4. The number of fused-ring (bicyclic) bond motifs is 1. The van der Waals surface area contributed by atoms with Crippen LogP contribution in [0, 0.1) is 0 Å². The number of carbonyl (C=O) groups excluding carboxylic acids is 2. The van der Waals surface area contributed by atoms with E-state index in [0.717, 1.165) is 25.7 Å². The van der Waals surface area contributed by atoms with Crippen LogP contribution in [0.4, 0.5) is 5.69 Å². The minimum absolute atomic E-state index is 0.0277. The Balaban J connectivity index is 1.13. The fourth-order valence-corrected chi connectivity index (χ4v) is 3.81. The average molecular weight is 423 g/mol. The lowest BCUT2D eigenvalue weighted by atomic mass is 10.2. The van der Waals surface area contributed by atoms with Gasteiger partial charge < -0.3 is 23.9 Å². The summed E-state index contributed by atoms with van der Waals surface area (Å²) in [6.45, 7) is -0.0431. The lowest BCUT2D eigenvalue weighted by Gasteiger charge is -2.21. The Labute approximate surface area is 177 Å². The van der Waals surface area contributed by atoms with Gasteiger partial charge in [-0.1, -0.05) is 0 Å². The molecule has 0 saturated heterocycles. The summed E-state index contributed by atoms with van der Waals surface area (Å²) in [5, 5.41) is 6.78. The Hall–Kier alpha value is -3.75. The number of anilines is 1. The number of aromatic nitrogens is 2. The maximum Gasteiger partial charge on any atom is 0.374 e. The molecule has 31 heavy (non-hydrogen) atoms. The minimum atomic E-state index is -0.712. The third-order valence-corrected chi connectivity index (χ3v) is 5.26. The number of hydrogen-bond donors (Lipinski definition) is 1. The first-order chi connectivity index (χ1) is 15.1. The quantitative estimate of drug-likeness (QED) is 0.606. The van der Waals surface area contributed by atoms with E-state index in [2.05, 4.69) is 10.4 Å². The Morgan fingerprint density at radius 2 is 1.97 bits per heavy atom. The van der Waals surface area contributed by atoms with E-state index in [1.807, 2.05) is 0 Å². The Kier molecular flexibility index (Phi) is 4.85. The van der Waals surface area contributed by atoms with Crippen LogP contribution in [-0.4, -0.2) is 34.1 Å². The van der Waals surface area contributed by atoms with E-state index in [1.54, 1.807) is 47.4 Å². The predicted octanol–water partition coefficient (Wildman–Crippen LogP) is 3.36. The molecule has 1 saturated carbocycles. The fraction of sp³-hybridized carbons (Fsp3) is 0.318. The molecule has 1 aliphatic heterocycles. The molecule has 0 bridgehead atoms. The van der Waals surface area contributed by atoms with Crippen LogP contribution in [0.1, 0.15) is 42.0 Å². The zero-order chi connectivity index (χ0) is 21.3. The molecule has 160 valence electrons. The largest absolute Gasteiger partial charge is 0.452 e. The van der Waals surface area contributed by atoms with Gasteiger partial charge in [-0.25, -0.2) is 4.79 Å². The second-order valence-corrected chi connectivity index (χ2v) is 7.58. The third-order valence-electron chi connectivity index (χ3n) is 5.26. The SMILES string of the molecule is O=C(COC(=O)c1ccc(Cn2cccn2)o1)Nc1ccc2c(c1)OC1(CCCC1)O2. The summed E-state index contributed by atoms with van der Waals surface area (Å²) in [6, 6.07) is 10.2. The molecule has 9 heteroatoms. The first kappa shape index (κ1) is 19.2. The number of nitrogens with zero attached hydrogens (tertiary/aromatic N) is 2. The van der Waals surface area contributed by atoms with Crippen molar-refractivity contribution in [1.82, 2.24) is 9.78 Å². The Bertz CT molecular complexity index is 1100. The van der Waals surface area contributed by atoms with E-state index in [0.29, 0.717) is 29.5 Å². The van der Waals surface area contributed by atoms with Crippen LogP contribution in [0.25, 0.3) is 0 Å². The second-order valence-electron chi connectivity index (χ2n) is 7.58. The Morgan fingerprint density at radius 3 is 2.77 bits per heavy atom. The summed E-state index contributed by atoms with van der Waals surface area (Å²) in [6.07, 6.45) is 7.30. The summed E-state index contributed by atoms with van der Waals surface area (Å²) < 4.78 is 24.1. The molecular formula is C22H21N3O6. The first-order valence-electron chi connectivity index (χ1n) is 10.1. The molecule has 1 amide bonds. The maximum atomic E-state index is 12.2. The topological polar surface area (TPSA) is 105 Å². The number of hydrogen-bond acceptors (Lipinski definition) is 7. The zero-order valence-electron chi connectivity index (χ0n) is 16.7. The second kappa shape index (κ2) is 7.82. The van der Waals surface area contributed by atoms with E-state index < -0.39 is 24.3 Å². The molecule has 3 aromatic rings. The van der Waals surface area contributed by atoms with Crippen molar-refractivity contribution < 1.29 is 28.2 Å². The smallest absolute Gasteiger partial charge is 0.374 e. The molecule has 0 atom stereocenters. The number of ether oxygens (including phenoxy) is 3. The third kappa shape index (κ3) is 4.11. The molecule has 5 rings (SSSR count). The van der Waals surface area contributed by atoms with Crippen molar-refractivity contribution in [3.05, 3.63) is 60.3 Å². The van der Waals surface area contributed by atoms with Crippen LogP contribution in [0.15, 0.2) is 53.2 Å². The molecule has 3 heterocycles. The van der Waals surface area contributed by atoms with Gasteiger partial charge in [0.15, 0.2) is 18.1 Å². The van der Waals surface area contributed by atoms with Crippen molar-refractivity contribution in [2.24, 2.45) is 0 Å². The average Bonchev–Trinajstić information content (AvgIpc) is 3.55. The van der Waals surface area contributed by atoms with Gasteiger partial charge in [0, 0.05) is 37.0 Å². The van der Waals surface area contributed by atoms with Crippen molar-refractivity contribution in [1.29, 1.82) is 0 Å². The molecule has 1 aliphatic carbocycles. The molecule has 1 aromatic carbocycles. The number of benzene rings is 1. The van der Waals surface area contributed by atoms with Gasteiger partial charge in [-0.05, 0) is 43.2 Å². The van der Waals surface area contributed by atoms with E-state index in [-0.39, 0.29) is 5.76 Å². The van der Waals surface area contributed by atoms with Gasteiger partial charge in [0.1, 0.15) is 5.76 Å². The van der Waals surface area contributed by atoms with Crippen molar-refractivity contribution in [2.45, 2.75) is 38.0 Å². The van der Waals surface area contributed by atoms with Gasteiger partial charge in [0.25, 0.3) is 11.7 Å². The normalized spacial score (nSPS) is 15.9. The number of rotatable bonds is 6. The first-order valence-corrected chi connectivity index (χ1v) is 10.1. The summed E-state index contributed by atoms with van der Waals surface area (Å²) in [7, 11) is 0. The van der Waals surface area contributed by atoms with E-state index in [4.69, 9.17) is 18.6 Å². The van der Waals surface area contributed by atoms with Crippen LogP contribution < -0.4 is 14.8 Å². The predicted molar refractivity (Wildman–Crippen MR) is 108 cm³/mol. The number of furan rings is 1. The van der Waals surface area contributed by atoms with Crippen molar-refractivity contribution >= 4 is 17.6 Å². The van der Waals surface area contributed by atoms with Gasteiger partial charge in [0.05, 0.1) is 6.54 Å². The van der Waals surface area contributed by atoms with Gasteiger partial charge in [-0.3, -0.25) is 9.48 Å². The van der Waals surface area contributed by atoms with Gasteiger partial charge in [0.2, 0.25) is 5.76 Å². The highest BCUT2D eigenvalue weighted by Crippen LogP contribution is 2.47. The van der Waals surface area contributed by atoms with E-state index in [9.17, 15) is 9.59 Å². The molecule has 9 nitrogen and oxygen atoms in total. The Morgan fingerprint density at radius 1 is 1.13 bits per heavy atom. The minimum Gasteiger partial charge on any atom is -0.452 e. The van der Waals surface area contributed by atoms with Gasteiger partial charge in [-0.2, -0.15) is 5.10 Å². The van der Waals surface area contributed by atoms with Gasteiger partial charge in [-0.15, -0.1) is 0 Å². The van der Waals surface area contributed by atoms with Crippen LogP contribution in [0.2, 0.25) is 0 Å². The highest BCUT2D eigenvalue weighted by molar-refractivity contribution is 5.94.